The number of primary amides is 1. The second-order valence-corrected chi connectivity index (χ2v) is 2.51. The van der Waals surface area contributed by atoms with E-state index in [-0.39, 0.29) is 11.8 Å². The lowest BCUT2D eigenvalue weighted by molar-refractivity contribution is -0.124. The minimum absolute atomic E-state index is 0.273. The maximum atomic E-state index is 10.5. The highest BCUT2D eigenvalue weighted by molar-refractivity contribution is 5.77. The van der Waals surface area contributed by atoms with Crippen molar-refractivity contribution in [3.8, 4) is 0 Å². The first kappa shape index (κ1) is 10.4. The average Bonchev–Trinajstić information content (AvgIpc) is 2.39. The first-order chi connectivity index (χ1) is 5.22. The Labute approximate surface area is 67.6 Å². The highest BCUT2D eigenvalue weighted by Crippen LogP contribution is 2.24. The minimum atomic E-state index is -0.470. The first-order valence-corrected chi connectivity index (χ1v) is 4.19. The zero-order valence-corrected chi connectivity index (χ0v) is 7.21. The van der Waals surface area contributed by atoms with Crippen molar-refractivity contribution in [1.29, 1.82) is 0 Å². The number of aliphatic hydroxyl groups excluding tert-OH is 1. The molecule has 0 spiro atoms. The molecule has 3 nitrogen and oxygen atoms in total. The molecule has 1 saturated carbocycles. The highest BCUT2D eigenvalue weighted by atomic mass is 16.3. The molecule has 0 aromatic carbocycles. The zero-order valence-electron chi connectivity index (χ0n) is 7.21. The van der Waals surface area contributed by atoms with Crippen molar-refractivity contribution >= 4 is 5.91 Å². The Balaban J connectivity index is 0.000000461. The van der Waals surface area contributed by atoms with Gasteiger partial charge in [-0.3, -0.25) is 4.79 Å². The summed E-state index contributed by atoms with van der Waals surface area (Å²) in [5.74, 6) is -0.634. The van der Waals surface area contributed by atoms with Crippen LogP contribution in [0.25, 0.3) is 0 Å². The van der Waals surface area contributed by atoms with E-state index in [1.54, 1.807) is 0 Å². The van der Waals surface area contributed by atoms with Crippen LogP contribution in [0.5, 0.6) is 0 Å². The van der Waals surface area contributed by atoms with Gasteiger partial charge in [0.2, 0.25) is 5.91 Å². The molecule has 2 atom stereocenters. The maximum Gasteiger partial charge on any atom is 0.223 e. The summed E-state index contributed by atoms with van der Waals surface area (Å²) in [6, 6.07) is 0. The summed E-state index contributed by atoms with van der Waals surface area (Å²) in [6.07, 6.45) is 1.95. The molecule has 0 radical (unpaired) electrons. The van der Waals surface area contributed by atoms with Crippen molar-refractivity contribution in [2.45, 2.75) is 39.2 Å². The number of aliphatic hydroxyl groups is 1. The Morgan fingerprint density at radius 3 is 2.18 bits per heavy atom. The lowest BCUT2D eigenvalue weighted by atomic mass is 10.1. The molecule has 11 heavy (non-hydrogen) atoms. The van der Waals surface area contributed by atoms with E-state index in [2.05, 4.69) is 0 Å². The maximum absolute atomic E-state index is 10.5. The first-order valence-electron chi connectivity index (χ1n) is 4.19. The van der Waals surface area contributed by atoms with E-state index in [1.165, 1.54) is 0 Å². The molecule has 0 heterocycles. The lowest BCUT2D eigenvalue weighted by Crippen LogP contribution is -2.28. The van der Waals surface area contributed by atoms with Crippen molar-refractivity contribution < 1.29 is 9.90 Å². The molecule has 2 unspecified atom stereocenters. The number of hydrogen-bond donors (Lipinski definition) is 2. The molecule has 0 aliphatic heterocycles. The molecular formula is C8H17NO2. The SMILES string of the molecule is CC.NC(=O)C1CCCC1O. The molecule has 0 saturated heterocycles. The molecule has 0 aromatic heterocycles. The summed E-state index contributed by atoms with van der Waals surface area (Å²) in [5.41, 5.74) is 4.99. The third-order valence-electron chi connectivity index (χ3n) is 1.84. The number of carbonyl (C=O) groups is 1. The number of rotatable bonds is 1. The van der Waals surface area contributed by atoms with Crippen LogP contribution in [0.3, 0.4) is 0 Å². The summed E-state index contributed by atoms with van der Waals surface area (Å²) in [7, 11) is 0. The van der Waals surface area contributed by atoms with E-state index in [1.807, 2.05) is 13.8 Å². The molecule has 1 rings (SSSR count). The van der Waals surface area contributed by atoms with E-state index in [4.69, 9.17) is 10.8 Å². The Kier molecular flexibility index (Phi) is 4.86. The van der Waals surface area contributed by atoms with Crippen LogP contribution in [0.4, 0.5) is 0 Å². The molecule has 1 amide bonds. The predicted octanol–water partition coefficient (Wildman–Crippen LogP) is 0.659. The second-order valence-electron chi connectivity index (χ2n) is 2.51. The Morgan fingerprint density at radius 2 is 2.00 bits per heavy atom. The van der Waals surface area contributed by atoms with Gasteiger partial charge in [0, 0.05) is 0 Å². The number of amides is 1. The summed E-state index contributed by atoms with van der Waals surface area (Å²) < 4.78 is 0. The van der Waals surface area contributed by atoms with E-state index < -0.39 is 6.10 Å². The van der Waals surface area contributed by atoms with Crippen molar-refractivity contribution in [1.82, 2.24) is 0 Å². The van der Waals surface area contributed by atoms with Gasteiger partial charge in [0.05, 0.1) is 12.0 Å². The summed E-state index contributed by atoms with van der Waals surface area (Å²) in [5, 5.41) is 9.06. The van der Waals surface area contributed by atoms with Gasteiger partial charge < -0.3 is 10.8 Å². The highest BCUT2D eigenvalue weighted by Gasteiger charge is 2.29. The Morgan fingerprint density at radius 1 is 1.45 bits per heavy atom. The van der Waals surface area contributed by atoms with Gasteiger partial charge in [0.1, 0.15) is 0 Å². The van der Waals surface area contributed by atoms with Crippen molar-refractivity contribution in [3.63, 3.8) is 0 Å². The Bertz CT molecular complexity index is 125. The fourth-order valence-electron chi connectivity index (χ4n) is 1.27. The molecule has 0 aromatic rings. The predicted molar refractivity (Wildman–Crippen MR) is 43.9 cm³/mol. The topological polar surface area (TPSA) is 63.3 Å². The molecule has 3 heteroatoms. The van der Waals surface area contributed by atoms with E-state index in [0.717, 1.165) is 19.3 Å². The van der Waals surface area contributed by atoms with Gasteiger partial charge in [-0.2, -0.15) is 0 Å². The zero-order chi connectivity index (χ0) is 8.85. The number of hydrogen-bond acceptors (Lipinski definition) is 2. The average molecular weight is 159 g/mol. The van der Waals surface area contributed by atoms with Gasteiger partial charge in [-0.05, 0) is 19.3 Å². The summed E-state index contributed by atoms with van der Waals surface area (Å²) >= 11 is 0. The van der Waals surface area contributed by atoms with Crippen LogP contribution >= 0.6 is 0 Å². The van der Waals surface area contributed by atoms with Crippen LogP contribution < -0.4 is 5.73 Å². The van der Waals surface area contributed by atoms with Gasteiger partial charge in [0.25, 0.3) is 0 Å². The van der Waals surface area contributed by atoms with Crippen LogP contribution in [-0.2, 0) is 4.79 Å². The van der Waals surface area contributed by atoms with Gasteiger partial charge in [-0.1, -0.05) is 13.8 Å². The summed E-state index contributed by atoms with van der Waals surface area (Å²) in [6.45, 7) is 4.00. The second kappa shape index (κ2) is 5.13. The fraction of sp³-hybridized carbons (Fsp3) is 0.875. The normalized spacial score (nSPS) is 29.0. The Hall–Kier alpha value is -0.570. The summed E-state index contributed by atoms with van der Waals surface area (Å²) in [4.78, 5) is 10.5. The van der Waals surface area contributed by atoms with Crippen molar-refractivity contribution in [2.75, 3.05) is 0 Å². The van der Waals surface area contributed by atoms with Gasteiger partial charge in [0.15, 0.2) is 0 Å². The monoisotopic (exact) mass is 159 g/mol. The molecule has 1 aliphatic rings. The number of carbonyl (C=O) groups excluding carboxylic acids is 1. The molecule has 1 aliphatic carbocycles. The van der Waals surface area contributed by atoms with Crippen LogP contribution in [0.2, 0.25) is 0 Å². The smallest absolute Gasteiger partial charge is 0.223 e. The van der Waals surface area contributed by atoms with Crippen LogP contribution in [-0.4, -0.2) is 17.1 Å². The lowest BCUT2D eigenvalue weighted by Gasteiger charge is -2.07. The molecular weight excluding hydrogens is 142 g/mol. The number of nitrogens with two attached hydrogens (primary N) is 1. The van der Waals surface area contributed by atoms with Crippen LogP contribution in [0.1, 0.15) is 33.1 Å². The largest absolute Gasteiger partial charge is 0.392 e. The minimum Gasteiger partial charge on any atom is -0.392 e. The quantitative estimate of drug-likeness (QED) is 0.590. The van der Waals surface area contributed by atoms with E-state index >= 15 is 0 Å². The van der Waals surface area contributed by atoms with Crippen molar-refractivity contribution in [2.24, 2.45) is 11.7 Å². The molecule has 66 valence electrons. The van der Waals surface area contributed by atoms with Gasteiger partial charge in [-0.25, -0.2) is 0 Å². The molecule has 0 bridgehead atoms. The van der Waals surface area contributed by atoms with E-state index in [0.29, 0.717) is 0 Å². The molecule has 3 N–H and O–H groups in total. The van der Waals surface area contributed by atoms with Gasteiger partial charge in [-0.15, -0.1) is 0 Å². The van der Waals surface area contributed by atoms with Crippen molar-refractivity contribution in [3.05, 3.63) is 0 Å². The van der Waals surface area contributed by atoms with Crippen LogP contribution in [0, 0.1) is 5.92 Å². The third-order valence-corrected chi connectivity index (χ3v) is 1.84. The standard InChI is InChI=1S/C6H11NO2.C2H6/c7-6(9)4-2-1-3-5(4)8;1-2/h4-5,8H,1-3H2,(H2,7,9);1-2H3. The third kappa shape index (κ3) is 2.89. The van der Waals surface area contributed by atoms with E-state index in [9.17, 15) is 4.79 Å². The van der Waals surface area contributed by atoms with Gasteiger partial charge >= 0.3 is 0 Å². The van der Waals surface area contributed by atoms with Crippen LogP contribution in [0.15, 0.2) is 0 Å². The fourth-order valence-corrected chi connectivity index (χ4v) is 1.27. The molecule has 1 fully saturated rings.